The predicted molar refractivity (Wildman–Crippen MR) is 153 cm³/mol. The Morgan fingerprint density at radius 3 is 2.80 bits per heavy atom. The zero-order valence-corrected chi connectivity index (χ0v) is 22.8. The fraction of sp³-hybridized carbons (Fsp3) is 0.333. The Morgan fingerprint density at radius 1 is 1.12 bits per heavy atom. The number of nitrogens with zero attached hydrogens (tertiary/aromatic N) is 6. The molecule has 3 heterocycles. The summed E-state index contributed by atoms with van der Waals surface area (Å²) in [5, 5.41) is 17.3. The molecule has 1 fully saturated rings. The van der Waals surface area contributed by atoms with Gasteiger partial charge in [-0.1, -0.05) is 36.4 Å². The highest BCUT2D eigenvalue weighted by atomic mass is 16.4. The van der Waals surface area contributed by atoms with Crippen LogP contribution < -0.4 is 11.1 Å². The molecular formula is C30H32N8O3. The van der Waals surface area contributed by atoms with Crippen molar-refractivity contribution >= 4 is 17.8 Å². The van der Waals surface area contributed by atoms with E-state index >= 15 is 0 Å². The number of hydrogen-bond donors (Lipinski definition) is 3. The zero-order valence-electron chi connectivity index (χ0n) is 22.8. The van der Waals surface area contributed by atoms with E-state index < -0.39 is 6.09 Å². The molecule has 1 aliphatic carbocycles. The number of likely N-dealkylation sites (tertiary alicyclic amines) is 1. The summed E-state index contributed by atoms with van der Waals surface area (Å²) in [5.41, 5.74) is 10.8. The molecule has 2 aliphatic rings. The predicted octanol–water partition coefficient (Wildman–Crippen LogP) is 4.28. The summed E-state index contributed by atoms with van der Waals surface area (Å²) >= 11 is 0. The number of benzene rings is 2. The van der Waals surface area contributed by atoms with E-state index in [1.807, 2.05) is 31.2 Å². The normalized spacial score (nSPS) is 18.2. The molecule has 11 heteroatoms. The molecule has 0 saturated carbocycles. The van der Waals surface area contributed by atoms with Crippen LogP contribution in [0.4, 0.5) is 10.6 Å². The van der Waals surface area contributed by atoms with Crippen LogP contribution in [0.2, 0.25) is 0 Å². The van der Waals surface area contributed by atoms with Gasteiger partial charge < -0.3 is 21.1 Å². The molecule has 2 atom stereocenters. The van der Waals surface area contributed by atoms with E-state index in [0.29, 0.717) is 48.2 Å². The van der Waals surface area contributed by atoms with Crippen molar-refractivity contribution < 1.29 is 14.7 Å². The number of amides is 2. The number of aromatic nitrogens is 5. The average Bonchev–Trinajstić information content (AvgIpc) is 3.62. The van der Waals surface area contributed by atoms with Crippen molar-refractivity contribution in [3.05, 3.63) is 77.2 Å². The maximum atomic E-state index is 13.2. The molecule has 0 spiro atoms. The number of anilines is 1. The van der Waals surface area contributed by atoms with Gasteiger partial charge in [0.25, 0.3) is 5.91 Å². The minimum Gasteiger partial charge on any atom is -0.465 e. The third-order valence-corrected chi connectivity index (χ3v) is 7.93. The highest BCUT2D eigenvalue weighted by Gasteiger charge is 2.29. The maximum absolute atomic E-state index is 13.2. The van der Waals surface area contributed by atoms with E-state index in [0.717, 1.165) is 31.2 Å². The lowest BCUT2D eigenvalue weighted by Crippen LogP contribution is -2.38. The highest BCUT2D eigenvalue weighted by Crippen LogP contribution is 2.32. The summed E-state index contributed by atoms with van der Waals surface area (Å²) < 4.78 is 1.78. The lowest BCUT2D eigenvalue weighted by molar-refractivity contribution is 0.0936. The molecule has 0 radical (unpaired) electrons. The van der Waals surface area contributed by atoms with Gasteiger partial charge >= 0.3 is 6.09 Å². The topological polar surface area (TPSA) is 152 Å². The van der Waals surface area contributed by atoms with Crippen LogP contribution in [0.3, 0.4) is 0 Å². The van der Waals surface area contributed by atoms with E-state index in [-0.39, 0.29) is 23.7 Å². The van der Waals surface area contributed by atoms with Crippen molar-refractivity contribution in [2.24, 2.45) is 0 Å². The molecule has 2 aromatic carbocycles. The second-order valence-corrected chi connectivity index (χ2v) is 10.5. The van der Waals surface area contributed by atoms with E-state index in [2.05, 4.69) is 27.5 Å². The molecule has 2 aromatic heterocycles. The molecule has 2 amide bonds. The molecule has 1 saturated heterocycles. The second-order valence-electron chi connectivity index (χ2n) is 10.5. The first-order valence-electron chi connectivity index (χ1n) is 14.0. The quantitative estimate of drug-likeness (QED) is 0.321. The zero-order chi connectivity index (χ0) is 28.5. The molecule has 11 nitrogen and oxygen atoms in total. The second kappa shape index (κ2) is 11.0. The Balaban J connectivity index is 1.26. The van der Waals surface area contributed by atoms with Gasteiger partial charge in [0.2, 0.25) is 5.82 Å². The maximum Gasteiger partial charge on any atom is 0.407 e. The Labute approximate surface area is 237 Å². The van der Waals surface area contributed by atoms with Crippen LogP contribution in [0.15, 0.2) is 54.7 Å². The van der Waals surface area contributed by atoms with Crippen LogP contribution in [0.5, 0.6) is 0 Å². The number of hydrogen-bond acceptors (Lipinski definition) is 7. The molecule has 0 unspecified atom stereocenters. The molecule has 1 aliphatic heterocycles. The number of aryl methyl sites for hydroxylation is 2. The van der Waals surface area contributed by atoms with Crippen molar-refractivity contribution in [2.75, 3.05) is 18.8 Å². The minimum absolute atomic E-state index is 0.00837. The first kappa shape index (κ1) is 26.4. The van der Waals surface area contributed by atoms with Gasteiger partial charge in [0.05, 0.1) is 17.9 Å². The van der Waals surface area contributed by atoms with Gasteiger partial charge in [-0.3, -0.25) is 4.79 Å². The van der Waals surface area contributed by atoms with Crippen LogP contribution in [0, 0.1) is 0 Å². The van der Waals surface area contributed by atoms with Gasteiger partial charge in [-0.15, -0.1) is 5.10 Å². The number of carbonyl (C=O) groups is 2. The number of nitrogens with two attached hydrogens (primary N) is 1. The third kappa shape index (κ3) is 5.22. The van der Waals surface area contributed by atoms with Gasteiger partial charge in [-0.05, 0) is 55.9 Å². The Hall–Kier alpha value is -4.80. The Kier molecular flexibility index (Phi) is 7.08. The van der Waals surface area contributed by atoms with Crippen LogP contribution in [-0.2, 0) is 13.0 Å². The first-order valence-corrected chi connectivity index (χ1v) is 14.0. The Bertz CT molecular complexity index is 1620. The van der Waals surface area contributed by atoms with E-state index in [1.165, 1.54) is 16.0 Å². The molecular weight excluding hydrogens is 520 g/mol. The van der Waals surface area contributed by atoms with Gasteiger partial charge in [0.15, 0.2) is 11.5 Å². The minimum atomic E-state index is -0.927. The fourth-order valence-corrected chi connectivity index (χ4v) is 5.82. The average molecular weight is 553 g/mol. The molecule has 4 aromatic rings. The van der Waals surface area contributed by atoms with Crippen molar-refractivity contribution in [3.63, 3.8) is 0 Å². The summed E-state index contributed by atoms with van der Waals surface area (Å²) in [6.45, 7) is 3.42. The van der Waals surface area contributed by atoms with Crippen molar-refractivity contribution in [2.45, 2.75) is 51.1 Å². The van der Waals surface area contributed by atoms with Crippen LogP contribution in [0.1, 0.15) is 65.5 Å². The summed E-state index contributed by atoms with van der Waals surface area (Å²) in [7, 11) is 0. The van der Waals surface area contributed by atoms with Crippen LogP contribution >= 0.6 is 0 Å². The number of rotatable bonds is 6. The standard InChI is InChI=1S/C30H32N8O3/c1-2-38-28(21-10-6-14-37(17-21)30(40)41)35-27(36-38)25-26(31)32-16-24(33-25)19-8-5-9-20(15-19)29(39)34-23-13-12-18-7-3-4-11-22(18)23/h3-5,7-9,11,15-16,21,23H,2,6,10,12-14,17H2,1H3,(H2,31,32)(H,34,39)(H,40,41)/t21-,23+/m1/s1. The monoisotopic (exact) mass is 552 g/mol. The smallest absolute Gasteiger partial charge is 0.407 e. The van der Waals surface area contributed by atoms with Crippen LogP contribution in [0.25, 0.3) is 22.8 Å². The van der Waals surface area contributed by atoms with Gasteiger partial charge in [-0.2, -0.15) is 0 Å². The number of piperidine rings is 1. The lowest BCUT2D eigenvalue weighted by atomic mass is 9.97. The Morgan fingerprint density at radius 2 is 1.98 bits per heavy atom. The molecule has 210 valence electrons. The third-order valence-electron chi connectivity index (χ3n) is 7.93. The molecule has 0 bridgehead atoms. The van der Waals surface area contributed by atoms with E-state index in [1.54, 1.807) is 23.0 Å². The van der Waals surface area contributed by atoms with Gasteiger partial charge in [0.1, 0.15) is 5.82 Å². The van der Waals surface area contributed by atoms with Crippen LogP contribution in [-0.4, -0.2) is 59.8 Å². The largest absolute Gasteiger partial charge is 0.465 e. The number of carbonyl (C=O) groups excluding carboxylic acids is 1. The SMILES string of the molecule is CCn1nc(-c2nc(-c3cccc(C(=O)N[C@H]4CCc5ccccc54)c3)cnc2N)nc1[C@@H]1CCCN(C(=O)O)C1. The molecule has 6 rings (SSSR count). The number of nitrogens with one attached hydrogen (secondary N) is 1. The van der Waals surface area contributed by atoms with Crippen molar-refractivity contribution in [1.82, 2.24) is 34.9 Å². The number of carboxylic acid groups (broad SMARTS) is 1. The molecule has 41 heavy (non-hydrogen) atoms. The molecule has 4 N–H and O–H groups in total. The van der Waals surface area contributed by atoms with Gasteiger partial charge in [0, 0.05) is 36.7 Å². The number of nitrogen functional groups attached to an aromatic ring is 1. The highest BCUT2D eigenvalue weighted by molar-refractivity contribution is 5.95. The van der Waals surface area contributed by atoms with E-state index in [9.17, 15) is 14.7 Å². The summed E-state index contributed by atoms with van der Waals surface area (Å²) in [5.74, 6) is 1.04. The number of fused-ring (bicyclic) bond motifs is 1. The summed E-state index contributed by atoms with van der Waals surface area (Å²) in [6.07, 6.45) is 4.07. The summed E-state index contributed by atoms with van der Waals surface area (Å²) in [4.78, 5) is 40.1. The summed E-state index contributed by atoms with van der Waals surface area (Å²) in [6, 6.07) is 15.5. The van der Waals surface area contributed by atoms with Crippen molar-refractivity contribution in [3.8, 4) is 22.8 Å². The van der Waals surface area contributed by atoms with E-state index in [4.69, 9.17) is 15.7 Å². The lowest BCUT2D eigenvalue weighted by Gasteiger charge is -2.30. The first-order chi connectivity index (χ1) is 19.9. The van der Waals surface area contributed by atoms with Crippen molar-refractivity contribution in [1.29, 1.82) is 0 Å². The van der Waals surface area contributed by atoms with Gasteiger partial charge in [-0.25, -0.2) is 24.4 Å². The fourth-order valence-electron chi connectivity index (χ4n) is 5.82.